The van der Waals surface area contributed by atoms with Gasteiger partial charge in [-0.15, -0.1) is 0 Å². The summed E-state index contributed by atoms with van der Waals surface area (Å²) in [7, 11) is 0. The molecule has 1 aliphatic rings. The predicted molar refractivity (Wildman–Crippen MR) is 68.8 cm³/mol. The van der Waals surface area contributed by atoms with Crippen molar-refractivity contribution in [2.75, 3.05) is 13.2 Å². The molecule has 0 aromatic heterocycles. The zero-order valence-electron chi connectivity index (χ0n) is 9.93. The second-order valence-corrected chi connectivity index (χ2v) is 4.89. The molecule has 98 valence electrons. The Balaban J connectivity index is 2.21. The summed E-state index contributed by atoms with van der Waals surface area (Å²) in [6.45, 7) is 1.49. The molecule has 18 heavy (non-hydrogen) atoms. The highest BCUT2D eigenvalue weighted by Gasteiger charge is 2.20. The van der Waals surface area contributed by atoms with Crippen LogP contribution in [-0.2, 0) is 9.53 Å². The number of hydrogen-bond acceptors (Lipinski definition) is 3. The molecule has 0 saturated carbocycles. The maximum absolute atomic E-state index is 10.8. The van der Waals surface area contributed by atoms with E-state index in [0.717, 1.165) is 31.6 Å². The van der Waals surface area contributed by atoms with Crippen molar-refractivity contribution in [2.24, 2.45) is 5.73 Å². The van der Waals surface area contributed by atoms with Crippen LogP contribution >= 0.6 is 11.6 Å². The van der Waals surface area contributed by atoms with Crippen LogP contribution in [0.1, 0.15) is 35.9 Å². The molecule has 1 heterocycles. The van der Waals surface area contributed by atoms with Crippen LogP contribution in [0.25, 0.3) is 0 Å². The van der Waals surface area contributed by atoms with E-state index in [1.165, 1.54) is 0 Å². The van der Waals surface area contributed by atoms with Gasteiger partial charge in [-0.3, -0.25) is 4.79 Å². The number of carboxylic acids is 1. The van der Waals surface area contributed by atoms with Crippen molar-refractivity contribution in [1.29, 1.82) is 0 Å². The number of halogens is 1. The molecule has 1 aliphatic heterocycles. The van der Waals surface area contributed by atoms with Crippen molar-refractivity contribution in [3.63, 3.8) is 0 Å². The molecule has 3 N–H and O–H groups in total. The Labute approximate surface area is 111 Å². The molecule has 1 saturated heterocycles. The standard InChI is InChI=1S/C13H16ClNO3/c14-11-7-9(12(15)13(16)17)1-2-10(11)8-3-5-18-6-4-8/h1-2,7-8,12H,3-6,15H2,(H,16,17). The van der Waals surface area contributed by atoms with E-state index in [9.17, 15) is 4.79 Å². The fraction of sp³-hybridized carbons (Fsp3) is 0.462. The van der Waals surface area contributed by atoms with E-state index in [4.69, 9.17) is 27.2 Å². The zero-order valence-corrected chi connectivity index (χ0v) is 10.7. The van der Waals surface area contributed by atoms with Gasteiger partial charge in [0, 0.05) is 18.2 Å². The highest BCUT2D eigenvalue weighted by Crippen LogP contribution is 2.33. The number of carboxylic acid groups (broad SMARTS) is 1. The number of ether oxygens (including phenoxy) is 1. The third-order valence-electron chi connectivity index (χ3n) is 3.31. The molecule has 1 fully saturated rings. The summed E-state index contributed by atoms with van der Waals surface area (Å²) in [5, 5.41) is 9.45. The van der Waals surface area contributed by atoms with Crippen molar-refractivity contribution >= 4 is 17.6 Å². The minimum absolute atomic E-state index is 0.390. The van der Waals surface area contributed by atoms with Crippen molar-refractivity contribution in [3.8, 4) is 0 Å². The van der Waals surface area contributed by atoms with E-state index in [-0.39, 0.29) is 0 Å². The van der Waals surface area contributed by atoms with Gasteiger partial charge in [-0.25, -0.2) is 0 Å². The zero-order chi connectivity index (χ0) is 13.1. The summed E-state index contributed by atoms with van der Waals surface area (Å²) in [6, 6.07) is 4.27. The smallest absolute Gasteiger partial charge is 0.325 e. The van der Waals surface area contributed by atoms with Crippen molar-refractivity contribution in [3.05, 3.63) is 34.3 Å². The molecule has 5 heteroatoms. The van der Waals surface area contributed by atoms with Gasteiger partial charge in [-0.1, -0.05) is 23.7 Å². The molecule has 1 atom stereocenters. The maximum atomic E-state index is 10.8. The monoisotopic (exact) mass is 269 g/mol. The minimum Gasteiger partial charge on any atom is -0.480 e. The molecular weight excluding hydrogens is 254 g/mol. The summed E-state index contributed by atoms with van der Waals surface area (Å²) in [4.78, 5) is 10.8. The third-order valence-corrected chi connectivity index (χ3v) is 3.64. The van der Waals surface area contributed by atoms with Crippen molar-refractivity contribution in [2.45, 2.75) is 24.8 Å². The molecule has 0 aliphatic carbocycles. The van der Waals surface area contributed by atoms with Gasteiger partial charge < -0.3 is 15.6 Å². The van der Waals surface area contributed by atoms with Gasteiger partial charge in [0.1, 0.15) is 6.04 Å². The molecule has 0 spiro atoms. The third kappa shape index (κ3) is 2.83. The van der Waals surface area contributed by atoms with Crippen molar-refractivity contribution in [1.82, 2.24) is 0 Å². The van der Waals surface area contributed by atoms with Gasteiger partial charge in [0.25, 0.3) is 0 Å². The first kappa shape index (κ1) is 13.3. The Morgan fingerprint density at radius 2 is 2.11 bits per heavy atom. The predicted octanol–water partition coefficient (Wildman–Crippen LogP) is 2.32. The van der Waals surface area contributed by atoms with Gasteiger partial charge >= 0.3 is 5.97 Å². The van der Waals surface area contributed by atoms with Gasteiger partial charge in [-0.2, -0.15) is 0 Å². The number of aliphatic carboxylic acids is 1. The lowest BCUT2D eigenvalue weighted by Gasteiger charge is -2.23. The Kier molecular flexibility index (Phi) is 4.22. The SMILES string of the molecule is NC(C(=O)O)c1ccc(C2CCOCC2)c(Cl)c1. The molecule has 0 bridgehead atoms. The van der Waals surface area contributed by atoms with Gasteiger partial charge in [0.05, 0.1) is 0 Å². The summed E-state index contributed by atoms with van der Waals surface area (Å²) in [5.41, 5.74) is 7.14. The number of nitrogens with two attached hydrogens (primary N) is 1. The lowest BCUT2D eigenvalue weighted by Crippen LogP contribution is -2.21. The van der Waals surface area contributed by atoms with Crippen LogP contribution in [0.15, 0.2) is 18.2 Å². The van der Waals surface area contributed by atoms with E-state index in [0.29, 0.717) is 16.5 Å². The van der Waals surface area contributed by atoms with Crippen LogP contribution in [0.3, 0.4) is 0 Å². The summed E-state index contributed by atoms with van der Waals surface area (Å²) < 4.78 is 5.31. The lowest BCUT2D eigenvalue weighted by atomic mass is 9.90. The second-order valence-electron chi connectivity index (χ2n) is 4.48. The summed E-state index contributed by atoms with van der Waals surface area (Å²) >= 11 is 6.22. The molecule has 1 aromatic carbocycles. The Morgan fingerprint density at radius 1 is 1.44 bits per heavy atom. The highest BCUT2D eigenvalue weighted by molar-refractivity contribution is 6.31. The molecule has 4 nitrogen and oxygen atoms in total. The first-order valence-electron chi connectivity index (χ1n) is 5.95. The summed E-state index contributed by atoms with van der Waals surface area (Å²) in [5.74, 6) is -0.661. The van der Waals surface area contributed by atoms with Gasteiger partial charge in [0.15, 0.2) is 0 Å². The molecular formula is C13H16ClNO3. The highest BCUT2D eigenvalue weighted by atomic mass is 35.5. The first-order chi connectivity index (χ1) is 8.59. The lowest BCUT2D eigenvalue weighted by molar-refractivity contribution is -0.138. The Bertz CT molecular complexity index is 444. The summed E-state index contributed by atoms with van der Waals surface area (Å²) in [6.07, 6.45) is 1.90. The number of hydrogen-bond donors (Lipinski definition) is 2. The average Bonchev–Trinajstić information content (AvgIpc) is 2.38. The Hall–Kier alpha value is -1.10. The van der Waals surface area contributed by atoms with E-state index in [1.807, 2.05) is 6.07 Å². The molecule has 2 rings (SSSR count). The first-order valence-corrected chi connectivity index (χ1v) is 6.33. The van der Waals surface area contributed by atoms with Crippen LogP contribution in [0.2, 0.25) is 5.02 Å². The molecule has 1 unspecified atom stereocenters. The number of carbonyl (C=O) groups is 1. The van der Waals surface area contributed by atoms with E-state index >= 15 is 0 Å². The van der Waals surface area contributed by atoms with E-state index in [2.05, 4.69) is 0 Å². The number of rotatable bonds is 3. The average molecular weight is 270 g/mol. The topological polar surface area (TPSA) is 72.6 Å². The molecule has 1 aromatic rings. The normalized spacial score (nSPS) is 18.6. The Morgan fingerprint density at radius 3 is 2.67 bits per heavy atom. The van der Waals surface area contributed by atoms with Gasteiger partial charge in [0.2, 0.25) is 0 Å². The quantitative estimate of drug-likeness (QED) is 0.883. The van der Waals surface area contributed by atoms with Crippen molar-refractivity contribution < 1.29 is 14.6 Å². The van der Waals surface area contributed by atoms with Crippen LogP contribution in [0.5, 0.6) is 0 Å². The van der Waals surface area contributed by atoms with Crippen LogP contribution < -0.4 is 5.73 Å². The largest absolute Gasteiger partial charge is 0.480 e. The van der Waals surface area contributed by atoms with Crippen LogP contribution in [-0.4, -0.2) is 24.3 Å². The van der Waals surface area contributed by atoms with E-state index < -0.39 is 12.0 Å². The minimum atomic E-state index is -1.05. The fourth-order valence-corrected chi connectivity index (χ4v) is 2.56. The number of benzene rings is 1. The van der Waals surface area contributed by atoms with Crippen LogP contribution in [0, 0.1) is 0 Å². The van der Waals surface area contributed by atoms with Gasteiger partial charge in [-0.05, 0) is 36.0 Å². The molecule has 0 radical (unpaired) electrons. The fourth-order valence-electron chi connectivity index (χ4n) is 2.22. The maximum Gasteiger partial charge on any atom is 0.325 e. The molecule has 0 amide bonds. The van der Waals surface area contributed by atoms with E-state index in [1.54, 1.807) is 12.1 Å². The second kappa shape index (κ2) is 5.69. The van der Waals surface area contributed by atoms with Crippen LogP contribution in [0.4, 0.5) is 0 Å².